The summed E-state index contributed by atoms with van der Waals surface area (Å²) in [6, 6.07) is 12.6. The van der Waals surface area contributed by atoms with Crippen LogP contribution in [0.1, 0.15) is 11.1 Å². The van der Waals surface area contributed by atoms with Gasteiger partial charge in [0.2, 0.25) is 5.91 Å². The largest absolute Gasteiger partial charge is 0.325 e. The fourth-order valence-electron chi connectivity index (χ4n) is 2.81. The zero-order valence-electron chi connectivity index (χ0n) is 15.9. The zero-order chi connectivity index (χ0) is 20.4. The van der Waals surface area contributed by atoms with Crippen LogP contribution < -0.4 is 5.32 Å². The quantitative estimate of drug-likeness (QED) is 0.394. The van der Waals surface area contributed by atoms with Crippen molar-refractivity contribution in [2.75, 3.05) is 11.1 Å². The maximum absolute atomic E-state index is 13.6. The molecule has 0 aliphatic rings. The number of carbonyl (C=O) groups excluding carboxylic acids is 1. The Morgan fingerprint density at radius 1 is 1.14 bits per heavy atom. The van der Waals surface area contributed by atoms with Gasteiger partial charge in [0.05, 0.1) is 23.0 Å². The number of fused-ring (bicyclic) bond motifs is 1. The molecule has 0 saturated carbocycles. The number of carbonyl (C=O) groups is 1. The van der Waals surface area contributed by atoms with Gasteiger partial charge in [-0.15, -0.1) is 0 Å². The predicted octanol–water partition coefficient (Wildman–Crippen LogP) is 4.30. The van der Waals surface area contributed by atoms with Gasteiger partial charge in [-0.05, 0) is 43.7 Å². The third-order valence-corrected chi connectivity index (χ3v) is 5.41. The van der Waals surface area contributed by atoms with Crippen LogP contribution in [0, 0.1) is 19.7 Å². The van der Waals surface area contributed by atoms with E-state index in [4.69, 9.17) is 0 Å². The number of aryl methyl sites for hydroxylation is 2. The number of anilines is 1. The molecule has 29 heavy (non-hydrogen) atoms. The van der Waals surface area contributed by atoms with Gasteiger partial charge in [0, 0.05) is 5.69 Å². The molecule has 0 fully saturated rings. The minimum Gasteiger partial charge on any atom is -0.325 e. The van der Waals surface area contributed by atoms with Crippen LogP contribution in [0.2, 0.25) is 0 Å². The lowest BCUT2D eigenvalue weighted by Crippen LogP contribution is -2.14. The van der Waals surface area contributed by atoms with Crippen molar-refractivity contribution in [1.82, 2.24) is 19.7 Å². The molecule has 4 rings (SSSR count). The number of halogens is 1. The van der Waals surface area contributed by atoms with Crippen LogP contribution in [0.25, 0.3) is 16.7 Å². The zero-order valence-corrected chi connectivity index (χ0v) is 16.7. The molecule has 6 nitrogen and oxygen atoms in total. The minimum absolute atomic E-state index is 0.136. The van der Waals surface area contributed by atoms with E-state index < -0.39 is 0 Å². The molecule has 0 spiro atoms. The Balaban J connectivity index is 1.50. The molecular weight excluding hydrogens is 389 g/mol. The molecule has 0 atom stereocenters. The Morgan fingerprint density at radius 2 is 1.93 bits per heavy atom. The number of hydrogen-bond donors (Lipinski definition) is 1. The van der Waals surface area contributed by atoms with Crippen molar-refractivity contribution < 1.29 is 9.18 Å². The lowest BCUT2D eigenvalue weighted by Gasteiger charge is -2.07. The summed E-state index contributed by atoms with van der Waals surface area (Å²) in [5.41, 5.74) is 3.70. The Kier molecular flexibility index (Phi) is 5.26. The fraction of sp³-hybridized carbons (Fsp3) is 0.143. The molecule has 2 aromatic carbocycles. The predicted molar refractivity (Wildman–Crippen MR) is 112 cm³/mol. The van der Waals surface area contributed by atoms with Gasteiger partial charge in [0.1, 0.15) is 17.2 Å². The van der Waals surface area contributed by atoms with Gasteiger partial charge in [0.15, 0.2) is 5.65 Å². The van der Waals surface area contributed by atoms with E-state index >= 15 is 0 Å². The van der Waals surface area contributed by atoms with E-state index in [0.29, 0.717) is 21.9 Å². The number of nitrogens with zero attached hydrogens (tertiary/aromatic N) is 4. The summed E-state index contributed by atoms with van der Waals surface area (Å²) in [5, 5.41) is 8.56. The first-order valence-electron chi connectivity index (χ1n) is 8.96. The van der Waals surface area contributed by atoms with E-state index in [1.807, 2.05) is 31.2 Å². The minimum atomic E-state index is -0.350. The third-order valence-electron chi connectivity index (χ3n) is 4.40. The van der Waals surface area contributed by atoms with Crippen molar-refractivity contribution in [1.29, 1.82) is 0 Å². The number of rotatable bonds is 5. The van der Waals surface area contributed by atoms with Crippen molar-refractivity contribution in [2.24, 2.45) is 0 Å². The molecule has 146 valence electrons. The Morgan fingerprint density at radius 3 is 2.69 bits per heavy atom. The van der Waals surface area contributed by atoms with Crippen LogP contribution in [0.15, 0.2) is 60.0 Å². The molecular formula is C21H18FN5OS. The highest BCUT2D eigenvalue weighted by Gasteiger charge is 2.13. The molecule has 8 heteroatoms. The van der Waals surface area contributed by atoms with Crippen molar-refractivity contribution in [3.63, 3.8) is 0 Å². The second-order valence-corrected chi connectivity index (χ2v) is 7.57. The summed E-state index contributed by atoms with van der Waals surface area (Å²) >= 11 is 1.29. The van der Waals surface area contributed by atoms with Gasteiger partial charge in [0.25, 0.3) is 0 Å². The number of hydrogen-bond acceptors (Lipinski definition) is 5. The van der Waals surface area contributed by atoms with Crippen LogP contribution >= 0.6 is 11.8 Å². The topological polar surface area (TPSA) is 72.7 Å². The second-order valence-electron chi connectivity index (χ2n) is 6.61. The van der Waals surface area contributed by atoms with E-state index in [1.165, 1.54) is 24.2 Å². The molecule has 0 bridgehead atoms. The molecule has 2 aromatic heterocycles. The van der Waals surface area contributed by atoms with E-state index in [-0.39, 0.29) is 17.5 Å². The third kappa shape index (κ3) is 4.12. The standard InChI is InChI=1S/C21H18FN5OS/c1-13-3-7-16(8-4-13)27-20-17(10-25-27)21(24-12-23-20)29-11-19(28)26-15-6-5-14(2)18(22)9-15/h3-10,12H,11H2,1-2H3,(H,26,28). The van der Waals surface area contributed by atoms with Gasteiger partial charge >= 0.3 is 0 Å². The molecule has 0 aliphatic carbocycles. The fourth-order valence-corrected chi connectivity index (χ4v) is 3.58. The van der Waals surface area contributed by atoms with Crippen molar-refractivity contribution in [3.8, 4) is 5.69 Å². The van der Waals surface area contributed by atoms with Crippen LogP contribution in [-0.4, -0.2) is 31.4 Å². The van der Waals surface area contributed by atoms with Crippen LogP contribution in [0.3, 0.4) is 0 Å². The maximum atomic E-state index is 13.6. The first-order valence-corrected chi connectivity index (χ1v) is 9.94. The number of nitrogens with one attached hydrogen (secondary N) is 1. The van der Waals surface area contributed by atoms with Crippen LogP contribution in [-0.2, 0) is 4.79 Å². The Hall–Kier alpha value is -3.26. The number of amides is 1. The first kappa shape index (κ1) is 19.1. The van der Waals surface area contributed by atoms with Gasteiger partial charge in [-0.25, -0.2) is 19.0 Å². The first-order chi connectivity index (χ1) is 14.0. The summed E-state index contributed by atoms with van der Waals surface area (Å²) in [6.07, 6.45) is 3.16. The molecule has 0 radical (unpaired) electrons. The number of benzene rings is 2. The smallest absolute Gasteiger partial charge is 0.234 e. The van der Waals surface area contributed by atoms with Crippen molar-refractivity contribution in [2.45, 2.75) is 18.9 Å². The average Bonchev–Trinajstić information content (AvgIpc) is 3.14. The SMILES string of the molecule is Cc1ccc(-n2ncc3c(SCC(=O)Nc4ccc(C)c(F)c4)ncnc32)cc1. The maximum Gasteiger partial charge on any atom is 0.234 e. The Labute approximate surface area is 171 Å². The average molecular weight is 407 g/mol. The summed E-state index contributed by atoms with van der Waals surface area (Å²) in [7, 11) is 0. The van der Waals surface area contributed by atoms with E-state index in [9.17, 15) is 9.18 Å². The normalized spacial score (nSPS) is 11.0. The number of thioether (sulfide) groups is 1. The van der Waals surface area contributed by atoms with Gasteiger partial charge in [-0.2, -0.15) is 5.10 Å². The summed E-state index contributed by atoms with van der Waals surface area (Å²) < 4.78 is 15.4. The highest BCUT2D eigenvalue weighted by Crippen LogP contribution is 2.26. The summed E-state index contributed by atoms with van der Waals surface area (Å²) in [6.45, 7) is 3.70. The Bertz CT molecular complexity index is 1190. The van der Waals surface area contributed by atoms with Gasteiger partial charge in [-0.3, -0.25) is 4.79 Å². The van der Waals surface area contributed by atoms with Crippen molar-refractivity contribution in [3.05, 3.63) is 71.9 Å². The summed E-state index contributed by atoms with van der Waals surface area (Å²) in [5.74, 6) is -0.454. The molecule has 1 N–H and O–H groups in total. The molecule has 0 aliphatic heterocycles. The lowest BCUT2D eigenvalue weighted by atomic mass is 10.2. The van der Waals surface area contributed by atoms with Crippen LogP contribution in [0.4, 0.5) is 10.1 Å². The highest BCUT2D eigenvalue weighted by atomic mass is 32.2. The molecule has 0 saturated heterocycles. The van der Waals surface area contributed by atoms with E-state index in [2.05, 4.69) is 20.4 Å². The second kappa shape index (κ2) is 8.00. The summed E-state index contributed by atoms with van der Waals surface area (Å²) in [4.78, 5) is 20.9. The van der Waals surface area contributed by atoms with Gasteiger partial charge in [-0.1, -0.05) is 35.5 Å². The molecule has 2 heterocycles. The van der Waals surface area contributed by atoms with E-state index in [1.54, 1.807) is 29.9 Å². The number of aromatic nitrogens is 4. The molecule has 4 aromatic rings. The molecule has 1 amide bonds. The highest BCUT2D eigenvalue weighted by molar-refractivity contribution is 8.00. The van der Waals surface area contributed by atoms with Crippen LogP contribution in [0.5, 0.6) is 0 Å². The monoisotopic (exact) mass is 407 g/mol. The van der Waals surface area contributed by atoms with Gasteiger partial charge < -0.3 is 5.32 Å². The van der Waals surface area contributed by atoms with E-state index in [0.717, 1.165) is 16.6 Å². The molecule has 0 unspecified atom stereocenters. The van der Waals surface area contributed by atoms with Crippen molar-refractivity contribution >= 4 is 34.4 Å². The lowest BCUT2D eigenvalue weighted by molar-refractivity contribution is -0.113.